The molecule has 0 spiro atoms. The van der Waals surface area contributed by atoms with E-state index in [2.05, 4.69) is 27.3 Å². The molecule has 5 heteroatoms. The molecule has 0 saturated heterocycles. The molecular formula is C13H14BrClN2O. The van der Waals surface area contributed by atoms with Crippen molar-refractivity contribution in [3.63, 3.8) is 0 Å². The van der Waals surface area contributed by atoms with Gasteiger partial charge >= 0.3 is 0 Å². The third-order valence-electron chi connectivity index (χ3n) is 2.45. The van der Waals surface area contributed by atoms with Crippen molar-refractivity contribution < 1.29 is 4.79 Å². The van der Waals surface area contributed by atoms with E-state index in [1.54, 1.807) is 18.2 Å². The molecule has 1 aromatic carbocycles. The van der Waals surface area contributed by atoms with Gasteiger partial charge in [-0.15, -0.1) is 0 Å². The van der Waals surface area contributed by atoms with Crippen LogP contribution in [0.4, 0.5) is 0 Å². The molecule has 0 fully saturated rings. The highest BCUT2D eigenvalue weighted by molar-refractivity contribution is 9.10. The minimum absolute atomic E-state index is 0.292. The third-order valence-corrected chi connectivity index (χ3v) is 3.34. The van der Waals surface area contributed by atoms with Gasteiger partial charge in [0.1, 0.15) is 6.04 Å². The first-order valence-corrected chi connectivity index (χ1v) is 6.58. The molecule has 1 amide bonds. The molecule has 1 atom stereocenters. The molecule has 1 rings (SSSR count). The first kappa shape index (κ1) is 15.0. The van der Waals surface area contributed by atoms with Gasteiger partial charge in [0.15, 0.2) is 0 Å². The summed E-state index contributed by atoms with van der Waals surface area (Å²) in [5.41, 5.74) is 0.146. The lowest BCUT2D eigenvalue weighted by Gasteiger charge is -2.25. The van der Waals surface area contributed by atoms with E-state index in [9.17, 15) is 4.79 Å². The molecule has 0 radical (unpaired) electrons. The quantitative estimate of drug-likeness (QED) is 0.898. The van der Waals surface area contributed by atoms with Crippen LogP contribution in [-0.2, 0) is 0 Å². The van der Waals surface area contributed by atoms with Crippen molar-refractivity contribution in [2.24, 2.45) is 5.41 Å². The van der Waals surface area contributed by atoms with E-state index < -0.39 is 6.04 Å². The fourth-order valence-corrected chi connectivity index (χ4v) is 2.19. The number of benzene rings is 1. The molecule has 1 aromatic rings. The molecule has 18 heavy (non-hydrogen) atoms. The van der Waals surface area contributed by atoms with Gasteiger partial charge in [-0.3, -0.25) is 4.79 Å². The highest BCUT2D eigenvalue weighted by atomic mass is 79.9. The van der Waals surface area contributed by atoms with Crippen LogP contribution in [0.2, 0.25) is 5.02 Å². The van der Waals surface area contributed by atoms with E-state index in [4.69, 9.17) is 16.9 Å². The number of halogens is 2. The molecule has 0 heterocycles. The number of carbonyl (C=O) groups is 1. The fraction of sp³-hybridized carbons (Fsp3) is 0.385. The second kappa shape index (κ2) is 5.73. The van der Waals surface area contributed by atoms with Crippen molar-refractivity contribution in [3.05, 3.63) is 33.3 Å². The van der Waals surface area contributed by atoms with Gasteiger partial charge in [0.05, 0.1) is 11.6 Å². The van der Waals surface area contributed by atoms with Gasteiger partial charge in [-0.05, 0) is 39.5 Å². The van der Waals surface area contributed by atoms with Crippen molar-refractivity contribution in [1.82, 2.24) is 5.32 Å². The van der Waals surface area contributed by atoms with Crippen LogP contribution in [0.15, 0.2) is 22.7 Å². The Hall–Kier alpha value is -1.05. The summed E-state index contributed by atoms with van der Waals surface area (Å²) >= 11 is 9.10. The second-order valence-corrected chi connectivity index (χ2v) is 6.32. The van der Waals surface area contributed by atoms with Crippen LogP contribution < -0.4 is 5.32 Å². The van der Waals surface area contributed by atoms with Crippen LogP contribution in [0, 0.1) is 16.7 Å². The summed E-state index contributed by atoms with van der Waals surface area (Å²) in [6, 6.07) is 6.46. The van der Waals surface area contributed by atoms with Crippen molar-refractivity contribution in [3.8, 4) is 6.07 Å². The topological polar surface area (TPSA) is 52.9 Å². The summed E-state index contributed by atoms with van der Waals surface area (Å²) in [6.07, 6.45) is 0. The largest absolute Gasteiger partial charge is 0.336 e. The standard InChI is InChI=1S/C13H14BrClN2O/c1-13(2,3)11(7-16)17-12(18)9-5-4-8(15)6-10(9)14/h4-6,11H,1-3H3,(H,17,18). The first-order valence-electron chi connectivity index (χ1n) is 5.41. The summed E-state index contributed by atoms with van der Waals surface area (Å²) in [6.45, 7) is 5.70. The van der Waals surface area contributed by atoms with Gasteiger partial charge in [-0.1, -0.05) is 32.4 Å². The van der Waals surface area contributed by atoms with Gasteiger partial charge in [0.25, 0.3) is 5.91 Å². The minimum Gasteiger partial charge on any atom is -0.336 e. The van der Waals surface area contributed by atoms with Gasteiger partial charge in [-0.2, -0.15) is 5.26 Å². The van der Waals surface area contributed by atoms with E-state index >= 15 is 0 Å². The number of hydrogen-bond donors (Lipinski definition) is 1. The molecule has 0 aliphatic carbocycles. The molecule has 0 aliphatic rings. The highest BCUT2D eigenvalue weighted by Gasteiger charge is 2.26. The van der Waals surface area contributed by atoms with E-state index in [1.165, 1.54) is 0 Å². The minimum atomic E-state index is -0.549. The molecule has 1 N–H and O–H groups in total. The molecular weight excluding hydrogens is 316 g/mol. The molecule has 0 aliphatic heterocycles. The average molecular weight is 330 g/mol. The SMILES string of the molecule is CC(C)(C)C(C#N)NC(=O)c1ccc(Cl)cc1Br. The maximum Gasteiger partial charge on any atom is 0.253 e. The Labute approximate surface area is 120 Å². The van der Waals surface area contributed by atoms with Crippen LogP contribution in [0.25, 0.3) is 0 Å². The van der Waals surface area contributed by atoms with Gasteiger partial charge < -0.3 is 5.32 Å². The van der Waals surface area contributed by atoms with Crippen LogP contribution in [-0.4, -0.2) is 11.9 Å². The van der Waals surface area contributed by atoms with Gasteiger partial charge in [0.2, 0.25) is 0 Å². The van der Waals surface area contributed by atoms with Crippen LogP contribution in [0.1, 0.15) is 31.1 Å². The van der Waals surface area contributed by atoms with E-state index in [0.717, 1.165) is 0 Å². The number of nitriles is 1. The van der Waals surface area contributed by atoms with Crippen LogP contribution >= 0.6 is 27.5 Å². The fourth-order valence-electron chi connectivity index (χ4n) is 1.32. The Morgan fingerprint density at radius 1 is 1.50 bits per heavy atom. The second-order valence-electron chi connectivity index (χ2n) is 5.03. The zero-order valence-corrected chi connectivity index (χ0v) is 12.8. The number of nitrogens with zero attached hydrogens (tertiary/aromatic N) is 1. The predicted molar refractivity (Wildman–Crippen MR) is 75.5 cm³/mol. The number of hydrogen-bond acceptors (Lipinski definition) is 2. The maximum absolute atomic E-state index is 12.1. The lowest BCUT2D eigenvalue weighted by molar-refractivity contribution is 0.0921. The zero-order valence-electron chi connectivity index (χ0n) is 10.4. The number of rotatable bonds is 2. The van der Waals surface area contributed by atoms with Crippen molar-refractivity contribution in [1.29, 1.82) is 5.26 Å². The third kappa shape index (κ3) is 3.72. The lowest BCUT2D eigenvalue weighted by Crippen LogP contribution is -2.42. The predicted octanol–water partition coefficient (Wildman–Crippen LogP) is 3.77. The van der Waals surface area contributed by atoms with Gasteiger partial charge in [-0.25, -0.2) is 0 Å². The Balaban J connectivity index is 2.93. The molecule has 1 unspecified atom stereocenters. The normalized spacial score (nSPS) is 12.7. The summed E-state index contributed by atoms with van der Waals surface area (Å²) in [7, 11) is 0. The summed E-state index contributed by atoms with van der Waals surface area (Å²) < 4.78 is 0.609. The Morgan fingerprint density at radius 3 is 2.56 bits per heavy atom. The summed E-state index contributed by atoms with van der Waals surface area (Å²) in [5.74, 6) is -0.292. The smallest absolute Gasteiger partial charge is 0.253 e. The first-order chi connectivity index (χ1) is 8.25. The van der Waals surface area contributed by atoms with E-state index in [-0.39, 0.29) is 11.3 Å². The van der Waals surface area contributed by atoms with Crippen molar-refractivity contribution in [2.75, 3.05) is 0 Å². The monoisotopic (exact) mass is 328 g/mol. The molecule has 0 bridgehead atoms. The zero-order chi connectivity index (χ0) is 13.9. The summed E-state index contributed by atoms with van der Waals surface area (Å²) in [4.78, 5) is 12.1. The lowest BCUT2D eigenvalue weighted by atomic mass is 9.87. The molecule has 0 aromatic heterocycles. The van der Waals surface area contributed by atoms with E-state index in [1.807, 2.05) is 20.8 Å². The Morgan fingerprint density at radius 2 is 2.11 bits per heavy atom. The van der Waals surface area contributed by atoms with Crippen LogP contribution in [0.5, 0.6) is 0 Å². The Bertz CT molecular complexity index is 503. The molecule has 0 saturated carbocycles. The number of amides is 1. The highest BCUT2D eigenvalue weighted by Crippen LogP contribution is 2.23. The van der Waals surface area contributed by atoms with Crippen molar-refractivity contribution >= 4 is 33.4 Å². The maximum atomic E-state index is 12.1. The van der Waals surface area contributed by atoms with Crippen molar-refractivity contribution in [2.45, 2.75) is 26.8 Å². The molecule has 96 valence electrons. The van der Waals surface area contributed by atoms with E-state index in [0.29, 0.717) is 15.1 Å². The average Bonchev–Trinajstić information content (AvgIpc) is 2.23. The van der Waals surface area contributed by atoms with Crippen LogP contribution in [0.3, 0.4) is 0 Å². The number of carbonyl (C=O) groups excluding carboxylic acids is 1. The summed E-state index contributed by atoms with van der Waals surface area (Å²) in [5, 5.41) is 12.3. The number of nitrogens with one attached hydrogen (secondary N) is 1. The molecule has 3 nitrogen and oxygen atoms in total. The van der Waals surface area contributed by atoms with Gasteiger partial charge in [0, 0.05) is 9.50 Å². The Kier molecular flexibility index (Phi) is 4.78.